The van der Waals surface area contributed by atoms with Crippen LogP contribution < -0.4 is 15.2 Å². The molecule has 2 aromatic carbocycles. The maximum atomic E-state index is 14.4. The van der Waals surface area contributed by atoms with E-state index >= 15 is 0 Å². The number of carbonyl (C=O) groups is 2. The Balaban J connectivity index is 1.75. The molecule has 1 aromatic heterocycles. The molecule has 10 nitrogen and oxygen atoms in total. The number of nitrogens with one attached hydrogen (secondary N) is 1. The number of hydrogen-bond donors (Lipinski definition) is 1. The number of nitro benzene ring substituents is 1. The number of ether oxygens (including phenoxy) is 2. The van der Waals surface area contributed by atoms with Gasteiger partial charge >= 0.3 is 11.8 Å². The molecule has 0 bridgehead atoms. The summed E-state index contributed by atoms with van der Waals surface area (Å²) >= 11 is 0. The highest BCUT2D eigenvalue weighted by Crippen LogP contribution is 2.33. The Hall–Kier alpha value is -4.54. The van der Waals surface area contributed by atoms with Gasteiger partial charge in [-0.2, -0.15) is 0 Å². The molecule has 2 amide bonds. The normalized spacial score (nSPS) is 10.8. The Morgan fingerprint density at radius 1 is 1.09 bits per heavy atom. The number of halogens is 1. The van der Waals surface area contributed by atoms with Crippen LogP contribution in [-0.4, -0.2) is 27.5 Å². The van der Waals surface area contributed by atoms with Gasteiger partial charge in [-0.1, -0.05) is 10.5 Å². The van der Waals surface area contributed by atoms with Crippen molar-refractivity contribution in [1.82, 2.24) is 4.98 Å². The van der Waals surface area contributed by atoms with E-state index in [1.165, 1.54) is 54.7 Å². The Labute approximate surface area is 194 Å². The van der Waals surface area contributed by atoms with Gasteiger partial charge in [0.2, 0.25) is 5.75 Å². The second-order valence-corrected chi connectivity index (χ2v) is 7.97. The molecular formula is C23H21FN4O6. The summed E-state index contributed by atoms with van der Waals surface area (Å²) < 4.78 is 25.1. The SMILES string of the molecule is CC(C)(C)OC(=O)Nc1ccc(Oc2ccc(C(=O)N(F)c3ccccn3)cc2[N+](=O)[O-])cc1. The third kappa shape index (κ3) is 6.25. The Bertz CT molecular complexity index is 1200. The second kappa shape index (κ2) is 9.94. The summed E-state index contributed by atoms with van der Waals surface area (Å²) in [6, 6.07) is 13.7. The topological polar surface area (TPSA) is 124 Å². The van der Waals surface area contributed by atoms with Crippen molar-refractivity contribution in [1.29, 1.82) is 0 Å². The Kier molecular flexibility index (Phi) is 7.05. The highest BCUT2D eigenvalue weighted by molar-refractivity contribution is 6.04. The summed E-state index contributed by atoms with van der Waals surface area (Å²) in [4.78, 5) is 38.8. The van der Waals surface area contributed by atoms with Crippen molar-refractivity contribution in [3.63, 3.8) is 0 Å². The van der Waals surface area contributed by atoms with Gasteiger partial charge in [0.1, 0.15) is 11.4 Å². The molecule has 1 heterocycles. The first-order chi connectivity index (χ1) is 16.0. The number of nitrogens with zero attached hydrogens (tertiary/aromatic N) is 3. The molecule has 0 spiro atoms. The van der Waals surface area contributed by atoms with E-state index < -0.39 is 28.2 Å². The summed E-state index contributed by atoms with van der Waals surface area (Å²) in [6.07, 6.45) is 0.674. The molecule has 176 valence electrons. The van der Waals surface area contributed by atoms with E-state index in [1.807, 2.05) is 0 Å². The minimum atomic E-state index is -1.12. The average molecular weight is 468 g/mol. The van der Waals surface area contributed by atoms with E-state index in [1.54, 1.807) is 26.8 Å². The lowest BCUT2D eigenvalue weighted by Gasteiger charge is -2.19. The molecule has 3 rings (SSSR count). The van der Waals surface area contributed by atoms with Gasteiger partial charge in [-0.05, 0) is 69.3 Å². The number of aromatic nitrogens is 1. The van der Waals surface area contributed by atoms with E-state index in [0.717, 1.165) is 6.07 Å². The molecule has 0 radical (unpaired) electrons. The van der Waals surface area contributed by atoms with Crippen LogP contribution in [-0.2, 0) is 4.74 Å². The van der Waals surface area contributed by atoms with Crippen LogP contribution in [0.5, 0.6) is 11.5 Å². The quantitative estimate of drug-likeness (QED) is 0.281. The number of amides is 2. The Morgan fingerprint density at radius 2 is 1.79 bits per heavy atom. The number of rotatable bonds is 6. The standard InChI is InChI=1S/C23H21FN4O6/c1-23(2,3)34-22(30)26-16-8-10-17(11-9-16)33-19-12-7-15(14-18(19)28(31)32)21(29)27(24)20-6-4-5-13-25-20/h4-14H,1-3H3,(H,26,30). The van der Waals surface area contributed by atoms with E-state index in [-0.39, 0.29) is 28.0 Å². The van der Waals surface area contributed by atoms with Crippen molar-refractivity contribution in [3.05, 3.63) is 82.5 Å². The lowest BCUT2D eigenvalue weighted by Crippen LogP contribution is -2.27. The van der Waals surface area contributed by atoms with Gasteiger partial charge in [-0.15, -0.1) is 5.12 Å². The van der Waals surface area contributed by atoms with Crippen LogP contribution in [0, 0.1) is 10.1 Å². The Morgan fingerprint density at radius 3 is 2.38 bits per heavy atom. The number of nitro groups is 1. The van der Waals surface area contributed by atoms with Crippen molar-refractivity contribution in [2.75, 3.05) is 10.4 Å². The lowest BCUT2D eigenvalue weighted by molar-refractivity contribution is -0.385. The molecule has 0 aliphatic heterocycles. The zero-order chi connectivity index (χ0) is 24.9. The summed E-state index contributed by atoms with van der Waals surface area (Å²) in [7, 11) is 0. The molecule has 3 aromatic rings. The van der Waals surface area contributed by atoms with Crippen LogP contribution in [0.25, 0.3) is 0 Å². The van der Waals surface area contributed by atoms with Crippen molar-refractivity contribution in [2.24, 2.45) is 0 Å². The fourth-order valence-corrected chi connectivity index (χ4v) is 2.72. The highest BCUT2D eigenvalue weighted by atomic mass is 19.2. The molecule has 1 N–H and O–H groups in total. The van der Waals surface area contributed by atoms with Crippen LogP contribution in [0.4, 0.5) is 26.5 Å². The van der Waals surface area contributed by atoms with Crippen molar-refractivity contribution in [3.8, 4) is 11.5 Å². The van der Waals surface area contributed by atoms with E-state index in [9.17, 15) is 24.2 Å². The van der Waals surface area contributed by atoms with Crippen LogP contribution >= 0.6 is 0 Å². The molecule has 0 aliphatic rings. The summed E-state index contributed by atoms with van der Waals surface area (Å²) in [6.45, 7) is 5.21. The maximum absolute atomic E-state index is 14.4. The summed E-state index contributed by atoms with van der Waals surface area (Å²) in [5.41, 5.74) is -1.02. The first-order valence-corrected chi connectivity index (χ1v) is 10.0. The third-order valence-corrected chi connectivity index (χ3v) is 4.16. The van der Waals surface area contributed by atoms with Gasteiger partial charge in [0, 0.05) is 23.5 Å². The van der Waals surface area contributed by atoms with Gasteiger partial charge < -0.3 is 9.47 Å². The molecule has 11 heteroatoms. The summed E-state index contributed by atoms with van der Waals surface area (Å²) in [5.74, 6) is -1.29. The smallest absolute Gasteiger partial charge is 0.412 e. The van der Waals surface area contributed by atoms with Crippen molar-refractivity contribution in [2.45, 2.75) is 26.4 Å². The molecule has 0 unspecified atom stereocenters. The molecule has 0 aliphatic carbocycles. The zero-order valence-electron chi connectivity index (χ0n) is 18.5. The zero-order valence-corrected chi connectivity index (χ0v) is 18.5. The van der Waals surface area contributed by atoms with Gasteiger partial charge in [0.15, 0.2) is 5.82 Å². The van der Waals surface area contributed by atoms with Crippen molar-refractivity contribution >= 4 is 29.2 Å². The maximum Gasteiger partial charge on any atom is 0.412 e. The minimum Gasteiger partial charge on any atom is -0.450 e. The predicted octanol–water partition coefficient (Wildman–Crippen LogP) is 5.66. The van der Waals surface area contributed by atoms with E-state index in [4.69, 9.17) is 9.47 Å². The number of carbonyl (C=O) groups excluding carboxylic acids is 2. The second-order valence-electron chi connectivity index (χ2n) is 7.97. The van der Waals surface area contributed by atoms with Gasteiger partial charge in [-0.3, -0.25) is 20.2 Å². The van der Waals surface area contributed by atoms with Crippen LogP contribution in [0.1, 0.15) is 31.1 Å². The number of benzene rings is 2. The average Bonchev–Trinajstić information content (AvgIpc) is 2.79. The molecular weight excluding hydrogens is 447 g/mol. The van der Waals surface area contributed by atoms with Crippen LogP contribution in [0.2, 0.25) is 0 Å². The lowest BCUT2D eigenvalue weighted by atomic mass is 10.1. The highest BCUT2D eigenvalue weighted by Gasteiger charge is 2.24. The van der Waals surface area contributed by atoms with Crippen molar-refractivity contribution < 1.29 is 28.5 Å². The number of pyridine rings is 1. The summed E-state index contributed by atoms with van der Waals surface area (Å²) in [5, 5.41) is 13.9. The molecule has 0 atom stereocenters. The first kappa shape index (κ1) is 24.1. The van der Waals surface area contributed by atoms with Gasteiger partial charge in [-0.25, -0.2) is 9.78 Å². The molecule has 34 heavy (non-hydrogen) atoms. The minimum absolute atomic E-state index is 0.155. The first-order valence-electron chi connectivity index (χ1n) is 10.0. The molecule has 0 saturated heterocycles. The largest absolute Gasteiger partial charge is 0.450 e. The van der Waals surface area contributed by atoms with E-state index in [0.29, 0.717) is 5.69 Å². The predicted molar refractivity (Wildman–Crippen MR) is 122 cm³/mol. The fraction of sp³-hybridized carbons (Fsp3) is 0.174. The van der Waals surface area contributed by atoms with Gasteiger partial charge in [0.05, 0.1) is 4.92 Å². The van der Waals surface area contributed by atoms with Gasteiger partial charge in [0.25, 0.3) is 5.91 Å². The fourth-order valence-electron chi connectivity index (χ4n) is 2.72. The molecule has 0 saturated carbocycles. The van der Waals surface area contributed by atoms with E-state index in [2.05, 4.69) is 10.3 Å². The van der Waals surface area contributed by atoms with Crippen LogP contribution in [0.3, 0.4) is 0 Å². The number of anilines is 2. The molecule has 0 fully saturated rings. The van der Waals surface area contributed by atoms with Crippen LogP contribution in [0.15, 0.2) is 66.9 Å². The number of hydrogen-bond acceptors (Lipinski definition) is 7. The monoisotopic (exact) mass is 468 g/mol. The third-order valence-electron chi connectivity index (χ3n) is 4.16.